The predicted molar refractivity (Wildman–Crippen MR) is 78.5 cm³/mol. The third-order valence-corrected chi connectivity index (χ3v) is 4.39. The summed E-state index contributed by atoms with van der Waals surface area (Å²) in [6.07, 6.45) is 0.875. The number of hydrogen-bond donors (Lipinski definition) is 1. The third-order valence-electron chi connectivity index (χ3n) is 3.73. The molecule has 6 nitrogen and oxygen atoms in total. The van der Waals surface area contributed by atoms with Crippen LogP contribution in [0.25, 0.3) is 0 Å². The van der Waals surface area contributed by atoms with E-state index in [2.05, 4.69) is 22.9 Å². The van der Waals surface area contributed by atoms with E-state index < -0.39 is 4.92 Å². The molecule has 1 aliphatic rings. The van der Waals surface area contributed by atoms with Crippen molar-refractivity contribution in [2.75, 3.05) is 19.6 Å². The summed E-state index contributed by atoms with van der Waals surface area (Å²) in [7, 11) is 0. The van der Waals surface area contributed by atoms with Crippen LogP contribution in [0.2, 0.25) is 0 Å². The van der Waals surface area contributed by atoms with Crippen molar-refractivity contribution in [1.82, 2.24) is 4.90 Å². The zero-order valence-electron chi connectivity index (χ0n) is 11.1. The molecule has 0 radical (unpaired) electrons. The molecule has 1 saturated heterocycles. The van der Waals surface area contributed by atoms with E-state index in [-0.39, 0.29) is 17.0 Å². The van der Waals surface area contributed by atoms with E-state index in [1.54, 1.807) is 4.90 Å². The van der Waals surface area contributed by atoms with Gasteiger partial charge in [-0.15, -0.1) is 0 Å². The van der Waals surface area contributed by atoms with Crippen LogP contribution in [0, 0.1) is 15.5 Å². The molecule has 0 saturated carbocycles. The van der Waals surface area contributed by atoms with E-state index in [4.69, 9.17) is 5.73 Å². The van der Waals surface area contributed by atoms with Crippen molar-refractivity contribution in [2.24, 2.45) is 11.1 Å². The molecule has 1 unspecified atom stereocenters. The second-order valence-electron chi connectivity index (χ2n) is 5.41. The number of benzene rings is 1. The molecular weight excluding hydrogens is 326 g/mol. The van der Waals surface area contributed by atoms with Crippen LogP contribution in [-0.2, 0) is 0 Å². The summed E-state index contributed by atoms with van der Waals surface area (Å²) in [5.41, 5.74) is 6.09. The van der Waals surface area contributed by atoms with Crippen LogP contribution in [0.3, 0.4) is 0 Å². The van der Waals surface area contributed by atoms with Crippen LogP contribution in [-0.4, -0.2) is 35.4 Å². The molecule has 1 aliphatic heterocycles. The highest BCUT2D eigenvalue weighted by molar-refractivity contribution is 9.10. The number of nitrogens with two attached hydrogens (primary N) is 1. The van der Waals surface area contributed by atoms with Crippen LogP contribution >= 0.6 is 15.9 Å². The Kier molecular flexibility index (Phi) is 4.10. The number of carbonyl (C=O) groups excluding carboxylic acids is 1. The van der Waals surface area contributed by atoms with E-state index in [0.29, 0.717) is 29.7 Å². The van der Waals surface area contributed by atoms with Crippen molar-refractivity contribution in [2.45, 2.75) is 13.3 Å². The topological polar surface area (TPSA) is 89.5 Å². The van der Waals surface area contributed by atoms with Gasteiger partial charge in [-0.2, -0.15) is 0 Å². The van der Waals surface area contributed by atoms with Crippen molar-refractivity contribution in [3.8, 4) is 0 Å². The van der Waals surface area contributed by atoms with Gasteiger partial charge in [-0.3, -0.25) is 14.9 Å². The lowest BCUT2D eigenvalue weighted by Gasteiger charge is -2.22. The normalized spacial score (nSPS) is 22.1. The molecule has 7 heteroatoms. The van der Waals surface area contributed by atoms with Crippen molar-refractivity contribution in [1.29, 1.82) is 0 Å². The molecule has 0 aromatic heterocycles. The minimum absolute atomic E-state index is 0.0388. The van der Waals surface area contributed by atoms with Gasteiger partial charge in [0.25, 0.3) is 11.6 Å². The highest BCUT2D eigenvalue weighted by Crippen LogP contribution is 2.31. The van der Waals surface area contributed by atoms with Gasteiger partial charge in [0.05, 0.1) is 10.5 Å². The summed E-state index contributed by atoms with van der Waals surface area (Å²) in [5, 5.41) is 10.7. The summed E-state index contributed by atoms with van der Waals surface area (Å²) < 4.78 is 0.443. The average Bonchev–Trinajstić information content (AvgIpc) is 2.81. The monoisotopic (exact) mass is 341 g/mol. The molecule has 0 aliphatic carbocycles. The first kappa shape index (κ1) is 14.9. The Morgan fingerprint density at radius 3 is 2.80 bits per heavy atom. The van der Waals surface area contributed by atoms with Gasteiger partial charge >= 0.3 is 0 Å². The van der Waals surface area contributed by atoms with Crippen LogP contribution in [0.1, 0.15) is 23.7 Å². The summed E-state index contributed by atoms with van der Waals surface area (Å²) in [6.45, 7) is 3.88. The molecule has 1 amide bonds. The fourth-order valence-corrected chi connectivity index (χ4v) is 2.86. The number of rotatable bonds is 3. The van der Waals surface area contributed by atoms with Gasteiger partial charge in [0.15, 0.2) is 0 Å². The van der Waals surface area contributed by atoms with Gasteiger partial charge in [-0.1, -0.05) is 6.92 Å². The lowest BCUT2D eigenvalue weighted by molar-refractivity contribution is -0.384. The first-order valence-electron chi connectivity index (χ1n) is 6.29. The molecule has 1 aromatic rings. The highest BCUT2D eigenvalue weighted by Gasteiger charge is 2.35. The first-order chi connectivity index (χ1) is 9.36. The number of likely N-dealkylation sites (tertiary alicyclic amines) is 1. The number of halogens is 1. The van der Waals surface area contributed by atoms with E-state index in [9.17, 15) is 14.9 Å². The molecule has 2 rings (SSSR count). The standard InChI is InChI=1S/C13H16BrN3O3/c1-13(7-15)4-5-16(8-13)12(18)10-3-2-9(17(19)20)6-11(10)14/h2-3,6H,4-5,7-8,15H2,1H3. The largest absolute Gasteiger partial charge is 0.338 e. The smallest absolute Gasteiger partial charge is 0.270 e. The quantitative estimate of drug-likeness (QED) is 0.673. The molecule has 20 heavy (non-hydrogen) atoms. The van der Waals surface area contributed by atoms with Gasteiger partial charge in [0, 0.05) is 29.7 Å². The van der Waals surface area contributed by atoms with Crippen molar-refractivity contribution >= 4 is 27.5 Å². The Bertz CT molecular complexity index is 564. The number of nitro groups is 1. The maximum atomic E-state index is 12.4. The molecule has 1 fully saturated rings. The molecule has 2 N–H and O–H groups in total. The molecule has 0 bridgehead atoms. The van der Waals surface area contributed by atoms with Gasteiger partial charge in [-0.25, -0.2) is 0 Å². The number of nitro benzene ring substituents is 1. The van der Waals surface area contributed by atoms with Crippen LogP contribution < -0.4 is 5.73 Å². The first-order valence-corrected chi connectivity index (χ1v) is 7.09. The summed E-state index contributed by atoms with van der Waals surface area (Å²) in [4.78, 5) is 24.4. The number of non-ortho nitro benzene ring substituents is 1. The molecule has 1 aromatic carbocycles. The van der Waals surface area contributed by atoms with E-state index in [0.717, 1.165) is 6.42 Å². The second kappa shape index (κ2) is 5.49. The van der Waals surface area contributed by atoms with E-state index in [1.807, 2.05) is 0 Å². The third kappa shape index (κ3) is 2.83. The lowest BCUT2D eigenvalue weighted by Crippen LogP contribution is -2.34. The van der Waals surface area contributed by atoms with Crippen LogP contribution in [0.15, 0.2) is 22.7 Å². The number of amides is 1. The van der Waals surface area contributed by atoms with Crippen molar-refractivity contribution in [3.05, 3.63) is 38.3 Å². The lowest BCUT2D eigenvalue weighted by atomic mass is 9.90. The summed E-state index contributed by atoms with van der Waals surface area (Å²) >= 11 is 3.23. The Morgan fingerprint density at radius 2 is 2.30 bits per heavy atom. The number of nitrogens with zero attached hydrogens (tertiary/aromatic N) is 2. The van der Waals surface area contributed by atoms with Gasteiger partial charge in [0.1, 0.15) is 0 Å². The molecule has 1 heterocycles. The molecule has 1 atom stereocenters. The number of hydrogen-bond acceptors (Lipinski definition) is 4. The van der Waals surface area contributed by atoms with Crippen LogP contribution in [0.4, 0.5) is 5.69 Å². The SMILES string of the molecule is CC1(CN)CCN(C(=O)c2ccc([N+](=O)[O-])cc2Br)C1. The van der Waals surface area contributed by atoms with Gasteiger partial charge in [-0.05, 0) is 40.4 Å². The Morgan fingerprint density at radius 1 is 1.60 bits per heavy atom. The van der Waals surface area contributed by atoms with Crippen molar-refractivity contribution < 1.29 is 9.72 Å². The Hall–Kier alpha value is -1.47. The van der Waals surface area contributed by atoms with Gasteiger partial charge in [0.2, 0.25) is 0 Å². The Labute approximate surface area is 125 Å². The zero-order valence-corrected chi connectivity index (χ0v) is 12.7. The highest BCUT2D eigenvalue weighted by atomic mass is 79.9. The fraction of sp³-hybridized carbons (Fsp3) is 0.462. The number of carbonyl (C=O) groups is 1. The fourth-order valence-electron chi connectivity index (χ4n) is 2.33. The minimum atomic E-state index is -0.486. The Balaban J connectivity index is 2.20. The molecule has 0 spiro atoms. The maximum absolute atomic E-state index is 12.4. The van der Waals surface area contributed by atoms with Crippen LogP contribution in [0.5, 0.6) is 0 Å². The molecule has 108 valence electrons. The second-order valence-corrected chi connectivity index (χ2v) is 6.27. The van der Waals surface area contributed by atoms with E-state index >= 15 is 0 Å². The maximum Gasteiger partial charge on any atom is 0.270 e. The summed E-state index contributed by atoms with van der Waals surface area (Å²) in [6, 6.07) is 4.18. The average molecular weight is 342 g/mol. The molecular formula is C13H16BrN3O3. The predicted octanol–water partition coefficient (Wildman–Crippen LogP) is 2.17. The van der Waals surface area contributed by atoms with E-state index in [1.165, 1.54) is 18.2 Å². The summed E-state index contributed by atoms with van der Waals surface area (Å²) in [5.74, 6) is -0.121. The zero-order chi connectivity index (χ0) is 14.9. The van der Waals surface area contributed by atoms with Gasteiger partial charge < -0.3 is 10.6 Å². The van der Waals surface area contributed by atoms with Crippen molar-refractivity contribution in [3.63, 3.8) is 0 Å². The minimum Gasteiger partial charge on any atom is -0.338 e.